The van der Waals surface area contributed by atoms with Gasteiger partial charge in [-0.1, -0.05) is 60.6 Å². The Kier molecular flexibility index (Phi) is 7.49. The third-order valence-electron chi connectivity index (χ3n) is 3.32. The van der Waals surface area contributed by atoms with Crippen molar-refractivity contribution < 1.29 is 4.79 Å². The highest BCUT2D eigenvalue weighted by molar-refractivity contribution is 6.02. The van der Waals surface area contributed by atoms with E-state index >= 15 is 0 Å². The zero-order valence-corrected chi connectivity index (χ0v) is 15.9. The molecule has 0 radical (unpaired) electrons. The van der Waals surface area contributed by atoms with Gasteiger partial charge >= 0.3 is 0 Å². The Morgan fingerprint density at radius 2 is 1.61 bits per heavy atom. The molecule has 0 aliphatic carbocycles. The van der Waals surface area contributed by atoms with Gasteiger partial charge in [0.15, 0.2) is 0 Å². The lowest BCUT2D eigenvalue weighted by Gasteiger charge is -2.28. The second kappa shape index (κ2) is 8.14. The van der Waals surface area contributed by atoms with E-state index < -0.39 is 0 Å². The first kappa shape index (κ1) is 21.2. The van der Waals surface area contributed by atoms with Crippen LogP contribution in [0.5, 0.6) is 0 Å². The van der Waals surface area contributed by atoms with E-state index in [4.69, 9.17) is 11.1 Å². The molecule has 0 aliphatic rings. The molecule has 0 aromatic rings. The second-order valence-corrected chi connectivity index (χ2v) is 7.82. The van der Waals surface area contributed by atoms with E-state index in [0.29, 0.717) is 5.70 Å². The molecule has 0 fully saturated rings. The molecular formula is C19H33N3O. The third kappa shape index (κ3) is 7.82. The molecule has 4 heteroatoms. The number of amidine groups is 1. The van der Waals surface area contributed by atoms with Crippen molar-refractivity contribution in [1.82, 2.24) is 5.32 Å². The van der Waals surface area contributed by atoms with Crippen LogP contribution in [0.25, 0.3) is 0 Å². The molecule has 0 aromatic heterocycles. The van der Waals surface area contributed by atoms with Crippen molar-refractivity contribution >= 4 is 11.7 Å². The minimum atomic E-state index is -0.276. The van der Waals surface area contributed by atoms with Crippen molar-refractivity contribution in [2.24, 2.45) is 16.6 Å². The Morgan fingerprint density at radius 1 is 1.09 bits per heavy atom. The van der Waals surface area contributed by atoms with Crippen LogP contribution in [0, 0.1) is 16.2 Å². The van der Waals surface area contributed by atoms with Crippen molar-refractivity contribution in [2.75, 3.05) is 0 Å². The molecule has 0 aromatic carbocycles. The first-order chi connectivity index (χ1) is 10.3. The fraction of sp³-hybridized carbons (Fsp3) is 0.579. The van der Waals surface area contributed by atoms with Crippen LogP contribution < -0.4 is 11.1 Å². The quantitative estimate of drug-likeness (QED) is 0.410. The number of nitrogens with two attached hydrogens (primary N) is 1. The first-order valence-corrected chi connectivity index (χ1v) is 8.05. The molecular weight excluding hydrogens is 286 g/mol. The molecule has 0 atom stereocenters. The van der Waals surface area contributed by atoms with Gasteiger partial charge in [0.2, 0.25) is 5.91 Å². The highest BCUT2D eigenvalue weighted by atomic mass is 16.1. The average molecular weight is 319 g/mol. The van der Waals surface area contributed by atoms with Gasteiger partial charge in [-0.3, -0.25) is 10.2 Å². The summed E-state index contributed by atoms with van der Waals surface area (Å²) in [6, 6.07) is 0. The molecule has 0 saturated heterocycles. The van der Waals surface area contributed by atoms with E-state index in [1.807, 2.05) is 0 Å². The zero-order valence-electron chi connectivity index (χ0n) is 15.9. The van der Waals surface area contributed by atoms with Crippen LogP contribution in [0.15, 0.2) is 35.1 Å². The van der Waals surface area contributed by atoms with Crippen molar-refractivity contribution in [2.45, 2.75) is 61.8 Å². The lowest BCUT2D eigenvalue weighted by atomic mass is 9.78. The molecule has 130 valence electrons. The van der Waals surface area contributed by atoms with Crippen LogP contribution in [0.3, 0.4) is 0 Å². The van der Waals surface area contributed by atoms with Crippen LogP contribution in [0.1, 0.15) is 61.8 Å². The summed E-state index contributed by atoms with van der Waals surface area (Å²) in [7, 11) is 0. The fourth-order valence-corrected chi connectivity index (χ4v) is 2.15. The van der Waals surface area contributed by atoms with Crippen molar-refractivity contribution in [1.29, 1.82) is 5.41 Å². The maximum atomic E-state index is 11.1. The first-order valence-electron chi connectivity index (χ1n) is 8.05. The second-order valence-electron chi connectivity index (χ2n) is 7.82. The van der Waals surface area contributed by atoms with Gasteiger partial charge in [-0.25, -0.2) is 0 Å². The number of hydrogen-bond acceptors (Lipinski definition) is 3. The van der Waals surface area contributed by atoms with Gasteiger partial charge in [0.1, 0.15) is 5.84 Å². The highest BCUT2D eigenvalue weighted by Crippen LogP contribution is 2.35. The van der Waals surface area contributed by atoms with Crippen LogP contribution in [-0.2, 0) is 4.79 Å². The molecule has 0 heterocycles. The Bertz CT molecular complexity index is 538. The molecule has 23 heavy (non-hydrogen) atoms. The smallest absolute Gasteiger partial charge is 0.222 e. The van der Waals surface area contributed by atoms with Crippen LogP contribution in [-0.4, -0.2) is 11.7 Å². The number of carbonyl (C=O) groups excluding carboxylic acids is 1. The number of allylic oxidation sites excluding steroid dienone is 4. The average Bonchev–Trinajstić information content (AvgIpc) is 2.29. The molecule has 0 spiro atoms. The Hall–Kier alpha value is -1.84. The van der Waals surface area contributed by atoms with Crippen LogP contribution >= 0.6 is 0 Å². The predicted molar refractivity (Wildman–Crippen MR) is 99.2 cm³/mol. The van der Waals surface area contributed by atoms with E-state index in [0.717, 1.165) is 12.0 Å². The standard InChI is InChI=1S/C19H33N3O/c1-9-10-14(18(3,4)5)11-15(19(6,7)8)16(20)12-17(21)22-13(2)23/h10-12H,9,20H2,1-8H3,(H2,21,22,23)/b14-10+,15-11+,16-12-. The summed E-state index contributed by atoms with van der Waals surface area (Å²) in [6.07, 6.45) is 6.78. The Balaban J connectivity index is 5.93. The normalized spacial score (nSPS) is 14.7. The van der Waals surface area contributed by atoms with Crippen molar-refractivity contribution in [3.8, 4) is 0 Å². The maximum absolute atomic E-state index is 11.1. The SMILES string of the molecule is CC\C=C(/C=C(\C(N)=C\C(=N)NC(C)=O)C(C)(C)C)C(C)(C)C. The molecule has 4 N–H and O–H groups in total. The Labute approximate surface area is 141 Å². The van der Waals surface area contributed by atoms with E-state index in [1.54, 1.807) is 0 Å². The molecule has 0 saturated carbocycles. The molecule has 1 amide bonds. The van der Waals surface area contributed by atoms with E-state index in [1.165, 1.54) is 18.6 Å². The third-order valence-corrected chi connectivity index (χ3v) is 3.32. The van der Waals surface area contributed by atoms with Gasteiger partial charge in [0.25, 0.3) is 0 Å². The lowest BCUT2D eigenvalue weighted by Crippen LogP contribution is -2.27. The summed E-state index contributed by atoms with van der Waals surface area (Å²) in [5.74, 6) is -0.275. The largest absolute Gasteiger partial charge is 0.398 e. The summed E-state index contributed by atoms with van der Waals surface area (Å²) in [5.41, 5.74) is 8.76. The minimum absolute atomic E-state index is 0.00179. The number of amides is 1. The minimum Gasteiger partial charge on any atom is -0.398 e. The number of nitrogens with one attached hydrogen (secondary N) is 2. The summed E-state index contributed by atoms with van der Waals surface area (Å²) < 4.78 is 0. The van der Waals surface area contributed by atoms with Gasteiger partial charge in [-0.05, 0) is 28.4 Å². The van der Waals surface area contributed by atoms with Gasteiger partial charge in [0, 0.05) is 18.7 Å². The van der Waals surface area contributed by atoms with Crippen LogP contribution in [0.2, 0.25) is 0 Å². The summed E-state index contributed by atoms with van der Waals surface area (Å²) in [4.78, 5) is 11.1. The number of rotatable bonds is 4. The fourth-order valence-electron chi connectivity index (χ4n) is 2.15. The van der Waals surface area contributed by atoms with Gasteiger partial charge in [0.05, 0.1) is 0 Å². The van der Waals surface area contributed by atoms with E-state index in [9.17, 15) is 4.79 Å². The summed E-state index contributed by atoms with van der Waals surface area (Å²) in [5, 5.41) is 10.2. The van der Waals surface area contributed by atoms with E-state index in [-0.39, 0.29) is 22.6 Å². The topological polar surface area (TPSA) is 79.0 Å². The lowest BCUT2D eigenvalue weighted by molar-refractivity contribution is -0.117. The zero-order chi connectivity index (χ0) is 18.4. The van der Waals surface area contributed by atoms with Gasteiger partial charge in [-0.15, -0.1) is 0 Å². The maximum Gasteiger partial charge on any atom is 0.222 e. The van der Waals surface area contributed by atoms with Crippen molar-refractivity contribution in [3.05, 3.63) is 35.1 Å². The monoisotopic (exact) mass is 319 g/mol. The number of hydrogen-bond donors (Lipinski definition) is 3. The molecule has 4 nitrogen and oxygen atoms in total. The number of carbonyl (C=O) groups is 1. The molecule has 0 unspecified atom stereocenters. The molecule has 0 aliphatic heterocycles. The van der Waals surface area contributed by atoms with Gasteiger partial charge in [-0.2, -0.15) is 0 Å². The summed E-state index contributed by atoms with van der Waals surface area (Å²) in [6.45, 7) is 16.3. The highest BCUT2D eigenvalue weighted by Gasteiger charge is 2.23. The van der Waals surface area contributed by atoms with E-state index in [2.05, 4.69) is 65.9 Å². The van der Waals surface area contributed by atoms with Crippen LogP contribution in [0.4, 0.5) is 0 Å². The molecule has 0 rings (SSSR count). The molecule has 0 bridgehead atoms. The van der Waals surface area contributed by atoms with Gasteiger partial charge < -0.3 is 11.1 Å². The summed E-state index contributed by atoms with van der Waals surface area (Å²) >= 11 is 0. The Morgan fingerprint density at radius 3 is 1.96 bits per heavy atom. The predicted octanol–water partition coefficient (Wildman–Crippen LogP) is 4.30. The van der Waals surface area contributed by atoms with Crippen molar-refractivity contribution in [3.63, 3.8) is 0 Å².